The summed E-state index contributed by atoms with van der Waals surface area (Å²) in [5, 5.41) is 22.2. The van der Waals surface area contributed by atoms with Gasteiger partial charge in [0, 0.05) is 12.1 Å². The average Bonchev–Trinajstić information content (AvgIpc) is 2.29. The predicted octanol–water partition coefficient (Wildman–Crippen LogP) is 2.05. The lowest BCUT2D eigenvalue weighted by Gasteiger charge is -2.16. The van der Waals surface area contributed by atoms with Crippen molar-refractivity contribution < 1.29 is 14.8 Å². The summed E-state index contributed by atoms with van der Waals surface area (Å²) in [5.74, 6) is -0.442. The van der Waals surface area contributed by atoms with Gasteiger partial charge in [-0.15, -0.1) is 0 Å². The highest BCUT2D eigenvalue weighted by Gasteiger charge is 2.13. The first-order valence-corrected chi connectivity index (χ1v) is 5.61. The molecule has 0 spiro atoms. The number of carboxylic acids is 1. The molecule has 0 saturated carbocycles. The first-order valence-electron chi connectivity index (χ1n) is 5.61. The number of nitrogens with one attached hydrogen (secondary N) is 1. The Morgan fingerprint density at radius 1 is 1.61 bits per heavy atom. The van der Waals surface area contributed by atoms with Crippen molar-refractivity contribution >= 4 is 17.5 Å². The van der Waals surface area contributed by atoms with Gasteiger partial charge in [0.2, 0.25) is 0 Å². The summed E-state index contributed by atoms with van der Waals surface area (Å²) in [5.41, 5.74) is -0.0918. The van der Waals surface area contributed by atoms with Crippen LogP contribution in [0.4, 0.5) is 11.5 Å². The number of rotatable bonds is 7. The van der Waals surface area contributed by atoms with Gasteiger partial charge < -0.3 is 10.4 Å². The van der Waals surface area contributed by atoms with E-state index < -0.39 is 10.9 Å². The van der Waals surface area contributed by atoms with Gasteiger partial charge in [-0.05, 0) is 12.5 Å². The Hall–Kier alpha value is -2.18. The van der Waals surface area contributed by atoms with Crippen LogP contribution < -0.4 is 5.32 Å². The van der Waals surface area contributed by atoms with Crippen LogP contribution in [-0.2, 0) is 4.79 Å². The van der Waals surface area contributed by atoms with Crippen molar-refractivity contribution in [2.75, 3.05) is 5.32 Å². The summed E-state index contributed by atoms with van der Waals surface area (Å²) in [4.78, 5) is 24.5. The number of carboxylic acid groups (broad SMARTS) is 1. The van der Waals surface area contributed by atoms with Crippen LogP contribution >= 0.6 is 0 Å². The molecule has 0 aliphatic rings. The molecule has 98 valence electrons. The molecular formula is C11H15N3O4. The smallest absolute Gasteiger partial charge is 0.305 e. The highest BCUT2D eigenvalue weighted by atomic mass is 16.6. The van der Waals surface area contributed by atoms with E-state index in [0.717, 1.165) is 12.6 Å². The molecule has 1 aromatic rings. The molecule has 1 unspecified atom stereocenters. The van der Waals surface area contributed by atoms with E-state index in [1.807, 2.05) is 6.92 Å². The Bertz CT molecular complexity index is 419. The minimum absolute atomic E-state index is 0.00743. The van der Waals surface area contributed by atoms with E-state index in [1.54, 1.807) is 0 Å². The van der Waals surface area contributed by atoms with Gasteiger partial charge in [-0.1, -0.05) is 13.3 Å². The Morgan fingerprint density at radius 2 is 2.33 bits per heavy atom. The molecular weight excluding hydrogens is 238 g/mol. The zero-order valence-electron chi connectivity index (χ0n) is 10.00. The number of aromatic nitrogens is 1. The molecule has 18 heavy (non-hydrogen) atoms. The predicted molar refractivity (Wildman–Crippen MR) is 65.5 cm³/mol. The Kier molecular flexibility index (Phi) is 5.04. The summed E-state index contributed by atoms with van der Waals surface area (Å²) in [6.07, 6.45) is 2.68. The van der Waals surface area contributed by atoms with E-state index in [9.17, 15) is 14.9 Å². The first-order chi connectivity index (χ1) is 8.52. The number of pyridine rings is 1. The zero-order chi connectivity index (χ0) is 13.5. The standard InChI is InChI=1S/C11H15N3O4/c1-2-3-8(6-11(15)16)13-10-5-4-9(7-12-10)14(17)18/h4-5,7-8H,2-3,6H2,1H3,(H,12,13)(H,15,16). The summed E-state index contributed by atoms with van der Waals surface area (Å²) >= 11 is 0. The molecule has 0 bridgehead atoms. The van der Waals surface area contributed by atoms with Crippen LogP contribution in [0.3, 0.4) is 0 Å². The molecule has 2 N–H and O–H groups in total. The number of hydrogen-bond donors (Lipinski definition) is 2. The number of anilines is 1. The van der Waals surface area contributed by atoms with Gasteiger partial charge >= 0.3 is 5.97 Å². The lowest BCUT2D eigenvalue weighted by molar-refractivity contribution is -0.385. The van der Waals surface area contributed by atoms with Gasteiger partial charge in [0.1, 0.15) is 12.0 Å². The van der Waals surface area contributed by atoms with Crippen LogP contribution in [0.1, 0.15) is 26.2 Å². The molecule has 1 atom stereocenters. The first kappa shape index (κ1) is 13.9. The second-order valence-corrected chi connectivity index (χ2v) is 3.89. The summed E-state index contributed by atoms with van der Waals surface area (Å²) in [7, 11) is 0. The van der Waals surface area contributed by atoms with Gasteiger partial charge in [0.15, 0.2) is 0 Å². The van der Waals surface area contributed by atoms with E-state index in [4.69, 9.17) is 5.11 Å². The Balaban J connectivity index is 2.68. The minimum atomic E-state index is -0.886. The third kappa shape index (κ3) is 4.36. The number of aliphatic carboxylic acids is 1. The fraction of sp³-hybridized carbons (Fsp3) is 0.455. The molecule has 0 aromatic carbocycles. The molecule has 1 aromatic heterocycles. The Labute approximate surface area is 104 Å². The fourth-order valence-corrected chi connectivity index (χ4v) is 1.57. The second kappa shape index (κ2) is 6.53. The van der Waals surface area contributed by atoms with Crippen molar-refractivity contribution in [2.45, 2.75) is 32.2 Å². The van der Waals surface area contributed by atoms with Crippen LogP contribution in [-0.4, -0.2) is 27.0 Å². The third-order valence-corrected chi connectivity index (χ3v) is 2.37. The monoisotopic (exact) mass is 253 g/mol. The maximum Gasteiger partial charge on any atom is 0.305 e. The summed E-state index contributed by atoms with van der Waals surface area (Å²) in [6, 6.07) is 2.59. The summed E-state index contributed by atoms with van der Waals surface area (Å²) < 4.78 is 0. The molecule has 1 heterocycles. The Morgan fingerprint density at radius 3 is 2.78 bits per heavy atom. The van der Waals surface area contributed by atoms with Gasteiger partial charge in [-0.2, -0.15) is 0 Å². The zero-order valence-corrected chi connectivity index (χ0v) is 10.00. The van der Waals surface area contributed by atoms with Gasteiger partial charge in [0.25, 0.3) is 5.69 Å². The SMILES string of the molecule is CCCC(CC(=O)O)Nc1ccc([N+](=O)[O-])cn1. The molecule has 7 heteroatoms. The normalized spacial score (nSPS) is 11.8. The highest BCUT2D eigenvalue weighted by molar-refractivity contribution is 5.68. The van der Waals surface area contributed by atoms with Crippen molar-refractivity contribution in [3.8, 4) is 0 Å². The molecule has 0 fully saturated rings. The number of hydrogen-bond acceptors (Lipinski definition) is 5. The fourth-order valence-electron chi connectivity index (χ4n) is 1.57. The lowest BCUT2D eigenvalue weighted by atomic mass is 10.1. The van der Waals surface area contributed by atoms with Crippen molar-refractivity contribution in [1.29, 1.82) is 0 Å². The minimum Gasteiger partial charge on any atom is -0.481 e. The molecule has 0 aliphatic carbocycles. The second-order valence-electron chi connectivity index (χ2n) is 3.89. The maximum atomic E-state index is 10.7. The van der Waals surface area contributed by atoms with Crippen LogP contribution in [0.5, 0.6) is 0 Å². The summed E-state index contributed by atoms with van der Waals surface area (Å²) in [6.45, 7) is 1.96. The average molecular weight is 253 g/mol. The molecule has 0 aliphatic heterocycles. The molecule has 0 amide bonds. The van der Waals surface area contributed by atoms with Crippen molar-refractivity contribution in [3.63, 3.8) is 0 Å². The van der Waals surface area contributed by atoms with E-state index >= 15 is 0 Å². The van der Waals surface area contributed by atoms with Crippen LogP contribution in [0, 0.1) is 10.1 Å². The lowest BCUT2D eigenvalue weighted by Crippen LogP contribution is -2.23. The van der Waals surface area contributed by atoms with Gasteiger partial charge in [-0.25, -0.2) is 4.98 Å². The van der Waals surface area contributed by atoms with Crippen molar-refractivity contribution in [2.24, 2.45) is 0 Å². The van der Waals surface area contributed by atoms with E-state index in [-0.39, 0.29) is 18.2 Å². The molecule has 7 nitrogen and oxygen atoms in total. The number of nitrogens with zero attached hydrogens (tertiary/aromatic N) is 2. The third-order valence-electron chi connectivity index (χ3n) is 2.37. The van der Waals surface area contributed by atoms with E-state index in [1.165, 1.54) is 12.1 Å². The van der Waals surface area contributed by atoms with Gasteiger partial charge in [-0.3, -0.25) is 14.9 Å². The largest absolute Gasteiger partial charge is 0.481 e. The van der Waals surface area contributed by atoms with Crippen molar-refractivity contribution in [3.05, 3.63) is 28.4 Å². The number of nitro groups is 1. The molecule has 0 radical (unpaired) electrons. The number of carbonyl (C=O) groups is 1. The van der Waals surface area contributed by atoms with Crippen LogP contribution in [0.25, 0.3) is 0 Å². The molecule has 0 saturated heterocycles. The van der Waals surface area contributed by atoms with E-state index in [0.29, 0.717) is 12.2 Å². The van der Waals surface area contributed by atoms with Crippen LogP contribution in [0.2, 0.25) is 0 Å². The topological polar surface area (TPSA) is 105 Å². The highest BCUT2D eigenvalue weighted by Crippen LogP contribution is 2.14. The van der Waals surface area contributed by atoms with Crippen LogP contribution in [0.15, 0.2) is 18.3 Å². The maximum absolute atomic E-state index is 10.7. The van der Waals surface area contributed by atoms with E-state index in [2.05, 4.69) is 10.3 Å². The van der Waals surface area contributed by atoms with Crippen molar-refractivity contribution in [1.82, 2.24) is 4.98 Å². The van der Waals surface area contributed by atoms with Gasteiger partial charge in [0.05, 0.1) is 11.3 Å². The quantitative estimate of drug-likeness (QED) is 0.569. The molecule has 1 rings (SSSR count).